The second-order valence-corrected chi connectivity index (χ2v) is 7.05. The van der Waals surface area contributed by atoms with E-state index in [0.717, 1.165) is 22.4 Å². The summed E-state index contributed by atoms with van der Waals surface area (Å²) in [4.78, 5) is 12.3. The Morgan fingerprint density at radius 1 is 1.03 bits per heavy atom. The molecule has 0 aliphatic rings. The Labute approximate surface area is 180 Å². The molecule has 2 N–H and O–H groups in total. The van der Waals surface area contributed by atoms with E-state index in [1.807, 2.05) is 31.2 Å². The number of aryl methyl sites for hydroxylation is 1. The highest BCUT2D eigenvalue weighted by molar-refractivity contribution is 6.31. The van der Waals surface area contributed by atoms with Gasteiger partial charge in [-0.25, -0.2) is 0 Å². The Hall–Kier alpha value is -3.75. The summed E-state index contributed by atoms with van der Waals surface area (Å²) in [5.74, 6) is 0.454. The first kappa shape index (κ1) is 21.0. The molecule has 0 saturated carbocycles. The number of nitrogens with zero attached hydrogens (tertiary/aromatic N) is 1. The van der Waals surface area contributed by atoms with Crippen LogP contribution in [0.5, 0.6) is 5.75 Å². The van der Waals surface area contributed by atoms with Crippen molar-refractivity contribution in [1.82, 2.24) is 10.9 Å². The lowest BCUT2D eigenvalue weighted by Crippen LogP contribution is -2.35. The largest absolute Gasteiger partial charge is 0.489 e. The summed E-state index contributed by atoms with van der Waals surface area (Å²) in [5.41, 5.74) is 9.67. The van der Waals surface area contributed by atoms with E-state index < -0.39 is 0 Å². The Morgan fingerprint density at radius 2 is 1.70 bits per heavy atom. The van der Waals surface area contributed by atoms with Gasteiger partial charge in [0.25, 0.3) is 5.91 Å². The van der Waals surface area contributed by atoms with Gasteiger partial charge >= 0.3 is 0 Å². The van der Waals surface area contributed by atoms with Crippen molar-refractivity contribution in [2.45, 2.75) is 13.5 Å². The molecule has 0 saturated heterocycles. The second-order valence-electron chi connectivity index (χ2n) is 6.64. The summed E-state index contributed by atoms with van der Waals surface area (Å²) in [6.07, 6.45) is 0. The number of amides is 1. The molecule has 1 amide bonds. The van der Waals surface area contributed by atoms with Gasteiger partial charge in [0.1, 0.15) is 12.4 Å². The van der Waals surface area contributed by atoms with Crippen molar-refractivity contribution in [3.8, 4) is 11.8 Å². The highest BCUT2D eigenvalue weighted by Gasteiger charge is 2.07. The van der Waals surface area contributed by atoms with Gasteiger partial charge in [0.15, 0.2) is 0 Å². The van der Waals surface area contributed by atoms with E-state index in [0.29, 0.717) is 28.5 Å². The molecule has 0 bridgehead atoms. The number of carbonyl (C=O) groups is 1. The van der Waals surface area contributed by atoms with Gasteiger partial charge in [-0.15, -0.1) is 0 Å². The molecule has 6 heteroatoms. The molecule has 0 fully saturated rings. The lowest BCUT2D eigenvalue weighted by molar-refractivity contribution is 0.0942. The van der Waals surface area contributed by atoms with Crippen LogP contribution >= 0.6 is 11.6 Å². The molecule has 3 aromatic carbocycles. The van der Waals surface area contributed by atoms with Gasteiger partial charge in [0, 0.05) is 10.6 Å². The van der Waals surface area contributed by atoms with Crippen LogP contribution in [0.15, 0.2) is 73.3 Å². The number of hydrogen-bond donors (Lipinski definition) is 2. The average molecular weight is 418 g/mol. The van der Waals surface area contributed by atoms with Crippen LogP contribution in [0.4, 0.5) is 0 Å². The highest BCUT2D eigenvalue weighted by Crippen LogP contribution is 2.22. The molecule has 0 atom stereocenters. The molecule has 0 heterocycles. The molecule has 5 nitrogen and oxygen atoms in total. The van der Waals surface area contributed by atoms with Crippen molar-refractivity contribution in [2.75, 3.05) is 0 Å². The summed E-state index contributed by atoms with van der Waals surface area (Å²) in [5, 5.41) is 9.55. The number of hydrogen-bond acceptors (Lipinski definition) is 4. The minimum Gasteiger partial charge on any atom is -0.489 e. The normalized spacial score (nSPS) is 10.0. The molecule has 3 aromatic rings. The molecule has 0 spiro atoms. The first-order valence-electron chi connectivity index (χ1n) is 9.20. The van der Waals surface area contributed by atoms with Crippen LogP contribution in [-0.2, 0) is 6.61 Å². The average Bonchev–Trinajstić information content (AvgIpc) is 2.78. The number of nitriles is 1. The van der Waals surface area contributed by atoms with E-state index in [9.17, 15) is 4.79 Å². The molecule has 3 rings (SSSR count). The van der Waals surface area contributed by atoms with Crippen LogP contribution < -0.4 is 15.6 Å². The zero-order chi connectivity index (χ0) is 21.5. The zero-order valence-electron chi connectivity index (χ0n) is 16.4. The topological polar surface area (TPSA) is 74.2 Å². The number of ether oxygens (including phenoxy) is 1. The molecule has 0 aromatic heterocycles. The van der Waals surface area contributed by atoms with Gasteiger partial charge in [-0.2, -0.15) is 5.26 Å². The van der Waals surface area contributed by atoms with Crippen molar-refractivity contribution in [1.29, 1.82) is 5.26 Å². The van der Waals surface area contributed by atoms with Crippen LogP contribution in [0.3, 0.4) is 0 Å². The van der Waals surface area contributed by atoms with E-state index in [4.69, 9.17) is 21.6 Å². The van der Waals surface area contributed by atoms with Crippen molar-refractivity contribution >= 4 is 23.2 Å². The van der Waals surface area contributed by atoms with Gasteiger partial charge in [-0.1, -0.05) is 42.4 Å². The summed E-state index contributed by atoms with van der Waals surface area (Å²) in [6.45, 7) is 6.20. The quantitative estimate of drug-likeness (QED) is 0.530. The van der Waals surface area contributed by atoms with E-state index in [2.05, 4.69) is 23.5 Å². The van der Waals surface area contributed by atoms with Crippen LogP contribution in [-0.4, -0.2) is 5.91 Å². The fraction of sp³-hybridized carbons (Fsp3) is 0.0833. The molecular weight excluding hydrogens is 398 g/mol. The smallest absolute Gasteiger partial charge is 0.269 e. The number of rotatable bonds is 7. The Balaban J connectivity index is 1.52. The first-order chi connectivity index (χ1) is 14.5. The van der Waals surface area contributed by atoms with Crippen LogP contribution in [0.25, 0.3) is 5.70 Å². The maximum absolute atomic E-state index is 12.3. The summed E-state index contributed by atoms with van der Waals surface area (Å²) in [7, 11) is 0. The summed E-state index contributed by atoms with van der Waals surface area (Å²) in [6, 6.07) is 21.6. The number of halogens is 1. The van der Waals surface area contributed by atoms with E-state index in [1.54, 1.807) is 42.5 Å². The van der Waals surface area contributed by atoms with Gasteiger partial charge in [0.2, 0.25) is 0 Å². The second kappa shape index (κ2) is 9.64. The minimum absolute atomic E-state index is 0.286. The Kier molecular flexibility index (Phi) is 6.74. The third-order valence-corrected chi connectivity index (χ3v) is 4.86. The van der Waals surface area contributed by atoms with Gasteiger partial charge in [-0.3, -0.25) is 15.6 Å². The predicted octanol–water partition coefficient (Wildman–Crippen LogP) is 5.00. The van der Waals surface area contributed by atoms with E-state index in [-0.39, 0.29) is 5.91 Å². The standard InChI is InChI=1S/C24H20ClN3O2/c1-16-13-22(11-12-23(16)25)30-15-19-5-9-21(10-6-19)24(29)28-27-17(2)20-7-3-18(14-26)4-8-20/h3-13,27H,2,15H2,1H3,(H,28,29). The van der Waals surface area contributed by atoms with Crippen LogP contribution in [0, 0.1) is 18.3 Å². The fourth-order valence-corrected chi connectivity index (χ4v) is 2.77. The number of hydrazine groups is 1. The van der Waals surface area contributed by atoms with Crippen molar-refractivity contribution in [3.63, 3.8) is 0 Å². The third kappa shape index (κ3) is 5.40. The van der Waals surface area contributed by atoms with Gasteiger partial charge < -0.3 is 4.74 Å². The van der Waals surface area contributed by atoms with Crippen molar-refractivity contribution in [3.05, 3.63) is 106 Å². The number of carbonyl (C=O) groups excluding carboxylic acids is 1. The van der Waals surface area contributed by atoms with E-state index in [1.165, 1.54) is 0 Å². The molecular formula is C24H20ClN3O2. The SMILES string of the molecule is C=C(NNC(=O)c1ccc(COc2ccc(Cl)c(C)c2)cc1)c1ccc(C#N)cc1. The number of nitrogens with one attached hydrogen (secondary N) is 2. The summed E-state index contributed by atoms with van der Waals surface area (Å²) >= 11 is 6.02. The molecule has 30 heavy (non-hydrogen) atoms. The minimum atomic E-state index is -0.286. The van der Waals surface area contributed by atoms with Crippen molar-refractivity contribution in [2.24, 2.45) is 0 Å². The highest BCUT2D eigenvalue weighted by atomic mass is 35.5. The monoisotopic (exact) mass is 417 g/mol. The predicted molar refractivity (Wildman–Crippen MR) is 118 cm³/mol. The summed E-state index contributed by atoms with van der Waals surface area (Å²) < 4.78 is 5.77. The van der Waals surface area contributed by atoms with Gasteiger partial charge in [-0.05, 0) is 66.1 Å². The maximum atomic E-state index is 12.3. The third-order valence-electron chi connectivity index (χ3n) is 4.44. The van der Waals surface area contributed by atoms with Crippen LogP contribution in [0.2, 0.25) is 5.02 Å². The molecule has 0 aliphatic heterocycles. The molecule has 0 aliphatic carbocycles. The van der Waals surface area contributed by atoms with E-state index >= 15 is 0 Å². The number of benzene rings is 3. The van der Waals surface area contributed by atoms with Crippen LogP contribution in [0.1, 0.15) is 32.6 Å². The lowest BCUT2D eigenvalue weighted by Gasteiger charge is -2.12. The molecule has 0 radical (unpaired) electrons. The van der Waals surface area contributed by atoms with Gasteiger partial charge in [0.05, 0.1) is 17.3 Å². The maximum Gasteiger partial charge on any atom is 0.269 e. The lowest BCUT2D eigenvalue weighted by atomic mass is 10.1. The fourth-order valence-electron chi connectivity index (χ4n) is 2.65. The molecule has 150 valence electrons. The molecule has 0 unspecified atom stereocenters. The Morgan fingerprint density at radius 3 is 2.33 bits per heavy atom. The van der Waals surface area contributed by atoms with Crippen molar-refractivity contribution < 1.29 is 9.53 Å². The zero-order valence-corrected chi connectivity index (χ0v) is 17.2. The Bertz CT molecular complexity index is 1100. The first-order valence-corrected chi connectivity index (χ1v) is 9.58.